The van der Waals surface area contributed by atoms with E-state index in [1.54, 1.807) is 0 Å². The van der Waals surface area contributed by atoms with Crippen LogP contribution >= 0.6 is 0 Å². The van der Waals surface area contributed by atoms with E-state index >= 15 is 0 Å². The van der Waals surface area contributed by atoms with E-state index in [4.69, 9.17) is 9.47 Å². The number of carbonyl (C=O) groups is 1. The maximum atomic E-state index is 12.7. The van der Waals surface area contributed by atoms with E-state index in [9.17, 15) is 4.79 Å². The molecule has 0 bridgehead atoms. The normalized spacial score (nSPS) is 22.8. The van der Waals surface area contributed by atoms with Gasteiger partial charge in [-0.1, -0.05) is 12.1 Å². The molecule has 0 spiro atoms. The number of hydrogen-bond donors (Lipinski definition) is 0. The molecule has 4 nitrogen and oxygen atoms in total. The van der Waals surface area contributed by atoms with Gasteiger partial charge in [-0.25, -0.2) is 0 Å². The van der Waals surface area contributed by atoms with E-state index in [1.807, 2.05) is 31.2 Å². The Hall–Kier alpha value is -1.55. The molecular weight excluding hydrogens is 290 g/mol. The Labute approximate surface area is 138 Å². The number of carbonyl (C=O) groups excluding carboxylic acids is 1. The van der Waals surface area contributed by atoms with Crippen molar-refractivity contribution in [3.63, 3.8) is 0 Å². The van der Waals surface area contributed by atoms with Gasteiger partial charge in [-0.15, -0.1) is 0 Å². The highest BCUT2D eigenvalue weighted by Crippen LogP contribution is 2.30. The molecule has 2 aliphatic rings. The fourth-order valence-corrected chi connectivity index (χ4v) is 3.79. The topological polar surface area (TPSA) is 38.8 Å². The highest BCUT2D eigenvalue weighted by atomic mass is 16.5. The summed E-state index contributed by atoms with van der Waals surface area (Å²) in [7, 11) is 0. The molecule has 2 heterocycles. The third-order valence-electron chi connectivity index (χ3n) is 5.03. The van der Waals surface area contributed by atoms with Crippen molar-refractivity contribution >= 4 is 5.91 Å². The number of piperidine rings is 1. The standard InChI is InChI=1S/C19H27NO3/c1-15-5-4-6-17(13-15)23-14-19(21)20-10-3-2-7-18(20)16-8-11-22-12-9-16/h4-6,13,16,18H,2-3,7-12,14H2,1H3. The SMILES string of the molecule is Cc1cccc(OCC(=O)N2CCCCC2C2CCOCC2)c1. The van der Waals surface area contributed by atoms with Gasteiger partial charge in [0, 0.05) is 25.8 Å². The molecule has 23 heavy (non-hydrogen) atoms. The summed E-state index contributed by atoms with van der Waals surface area (Å²) in [6.45, 7) is 4.72. The highest BCUT2D eigenvalue weighted by Gasteiger charge is 2.33. The van der Waals surface area contributed by atoms with E-state index in [-0.39, 0.29) is 12.5 Å². The van der Waals surface area contributed by atoms with Crippen molar-refractivity contribution < 1.29 is 14.3 Å². The molecule has 0 radical (unpaired) electrons. The number of hydrogen-bond acceptors (Lipinski definition) is 3. The van der Waals surface area contributed by atoms with Crippen molar-refractivity contribution in [2.45, 2.75) is 45.1 Å². The lowest BCUT2D eigenvalue weighted by Gasteiger charge is -2.41. The predicted molar refractivity (Wildman–Crippen MR) is 89.6 cm³/mol. The van der Waals surface area contributed by atoms with Crippen LogP contribution in [0.1, 0.15) is 37.7 Å². The minimum absolute atomic E-state index is 0.127. The van der Waals surface area contributed by atoms with Gasteiger partial charge in [-0.05, 0) is 62.6 Å². The summed E-state index contributed by atoms with van der Waals surface area (Å²) in [5.74, 6) is 1.49. The largest absolute Gasteiger partial charge is 0.484 e. The van der Waals surface area contributed by atoms with Gasteiger partial charge in [0.1, 0.15) is 5.75 Å². The van der Waals surface area contributed by atoms with Crippen LogP contribution in [-0.2, 0) is 9.53 Å². The summed E-state index contributed by atoms with van der Waals surface area (Å²) < 4.78 is 11.2. The molecule has 1 aromatic carbocycles. The van der Waals surface area contributed by atoms with Crippen molar-refractivity contribution in [1.82, 2.24) is 4.90 Å². The molecule has 0 N–H and O–H groups in total. The first-order valence-corrected chi connectivity index (χ1v) is 8.81. The monoisotopic (exact) mass is 317 g/mol. The van der Waals surface area contributed by atoms with Crippen LogP contribution in [0.25, 0.3) is 0 Å². The first-order valence-electron chi connectivity index (χ1n) is 8.81. The number of amides is 1. The zero-order valence-corrected chi connectivity index (χ0v) is 14.0. The Kier molecular flexibility index (Phi) is 5.55. The van der Waals surface area contributed by atoms with Gasteiger partial charge in [0.15, 0.2) is 6.61 Å². The number of nitrogens with zero attached hydrogens (tertiary/aromatic N) is 1. The average molecular weight is 317 g/mol. The molecule has 0 aliphatic carbocycles. The van der Waals surface area contributed by atoms with Gasteiger partial charge in [-0.2, -0.15) is 0 Å². The van der Waals surface area contributed by atoms with Crippen molar-refractivity contribution in [2.75, 3.05) is 26.4 Å². The Morgan fingerprint density at radius 2 is 2.09 bits per heavy atom. The van der Waals surface area contributed by atoms with Crippen LogP contribution in [0, 0.1) is 12.8 Å². The van der Waals surface area contributed by atoms with E-state index in [0.717, 1.165) is 56.8 Å². The smallest absolute Gasteiger partial charge is 0.260 e. The number of benzene rings is 1. The van der Waals surface area contributed by atoms with Gasteiger partial charge in [0.05, 0.1) is 0 Å². The second-order valence-corrected chi connectivity index (χ2v) is 6.71. The molecule has 1 amide bonds. The van der Waals surface area contributed by atoms with Crippen molar-refractivity contribution in [2.24, 2.45) is 5.92 Å². The molecule has 2 saturated heterocycles. The molecule has 126 valence electrons. The van der Waals surface area contributed by atoms with E-state index in [1.165, 1.54) is 6.42 Å². The Bertz CT molecular complexity index is 525. The first kappa shape index (κ1) is 16.3. The van der Waals surface area contributed by atoms with Gasteiger partial charge < -0.3 is 14.4 Å². The second-order valence-electron chi connectivity index (χ2n) is 6.71. The molecule has 1 aromatic rings. The maximum absolute atomic E-state index is 12.7. The molecule has 2 fully saturated rings. The molecule has 3 rings (SSSR count). The molecule has 0 saturated carbocycles. The second kappa shape index (κ2) is 7.82. The van der Waals surface area contributed by atoms with Gasteiger partial charge >= 0.3 is 0 Å². The lowest BCUT2D eigenvalue weighted by atomic mass is 9.85. The lowest BCUT2D eigenvalue weighted by molar-refractivity contribution is -0.139. The summed E-state index contributed by atoms with van der Waals surface area (Å²) >= 11 is 0. The fraction of sp³-hybridized carbons (Fsp3) is 0.632. The Balaban J connectivity index is 1.59. The zero-order chi connectivity index (χ0) is 16.1. The van der Waals surface area contributed by atoms with Crippen molar-refractivity contribution in [1.29, 1.82) is 0 Å². The minimum atomic E-state index is 0.127. The first-order chi connectivity index (χ1) is 11.2. The molecule has 2 aliphatic heterocycles. The maximum Gasteiger partial charge on any atom is 0.260 e. The summed E-state index contributed by atoms with van der Waals surface area (Å²) in [6.07, 6.45) is 5.61. The average Bonchev–Trinajstić information content (AvgIpc) is 2.60. The number of rotatable bonds is 4. The van der Waals surface area contributed by atoms with Crippen molar-refractivity contribution in [3.05, 3.63) is 29.8 Å². The van der Waals surface area contributed by atoms with Crippen LogP contribution in [-0.4, -0.2) is 43.2 Å². The zero-order valence-electron chi connectivity index (χ0n) is 14.0. The van der Waals surface area contributed by atoms with Crippen LogP contribution in [0.4, 0.5) is 0 Å². The third kappa shape index (κ3) is 4.25. The van der Waals surface area contributed by atoms with Gasteiger partial charge in [0.2, 0.25) is 0 Å². The van der Waals surface area contributed by atoms with Crippen LogP contribution in [0.2, 0.25) is 0 Å². The van der Waals surface area contributed by atoms with E-state index in [0.29, 0.717) is 12.0 Å². The molecular formula is C19H27NO3. The Morgan fingerprint density at radius 1 is 1.26 bits per heavy atom. The van der Waals surface area contributed by atoms with E-state index < -0.39 is 0 Å². The van der Waals surface area contributed by atoms with Crippen LogP contribution in [0.3, 0.4) is 0 Å². The summed E-state index contributed by atoms with van der Waals surface area (Å²) in [5.41, 5.74) is 1.15. The van der Waals surface area contributed by atoms with Crippen LogP contribution in [0.15, 0.2) is 24.3 Å². The number of ether oxygens (including phenoxy) is 2. The molecule has 1 atom stereocenters. The Morgan fingerprint density at radius 3 is 2.87 bits per heavy atom. The van der Waals surface area contributed by atoms with E-state index in [2.05, 4.69) is 4.90 Å². The van der Waals surface area contributed by atoms with Gasteiger partial charge in [-0.3, -0.25) is 4.79 Å². The molecule has 4 heteroatoms. The lowest BCUT2D eigenvalue weighted by Crippen LogP contribution is -2.50. The summed E-state index contributed by atoms with van der Waals surface area (Å²) in [4.78, 5) is 14.8. The van der Waals surface area contributed by atoms with Gasteiger partial charge in [0.25, 0.3) is 5.91 Å². The molecule has 0 aromatic heterocycles. The van der Waals surface area contributed by atoms with Crippen molar-refractivity contribution in [3.8, 4) is 5.75 Å². The fourth-order valence-electron chi connectivity index (χ4n) is 3.79. The van der Waals surface area contributed by atoms with Crippen LogP contribution < -0.4 is 4.74 Å². The number of aryl methyl sites for hydroxylation is 1. The van der Waals surface area contributed by atoms with Crippen LogP contribution in [0.5, 0.6) is 5.75 Å². The third-order valence-corrected chi connectivity index (χ3v) is 5.03. The quantitative estimate of drug-likeness (QED) is 0.856. The number of likely N-dealkylation sites (tertiary alicyclic amines) is 1. The summed E-state index contributed by atoms with van der Waals surface area (Å²) in [6, 6.07) is 8.24. The molecule has 1 unspecified atom stereocenters. The minimum Gasteiger partial charge on any atom is -0.484 e. The highest BCUT2D eigenvalue weighted by molar-refractivity contribution is 5.78. The predicted octanol–water partition coefficient (Wildman–Crippen LogP) is 3.18. The summed E-state index contributed by atoms with van der Waals surface area (Å²) in [5, 5.41) is 0.